The van der Waals surface area contributed by atoms with Crippen molar-refractivity contribution in [3.05, 3.63) is 11.7 Å². The number of rotatable bonds is 4. The zero-order chi connectivity index (χ0) is 16.4. The Labute approximate surface area is 130 Å². The van der Waals surface area contributed by atoms with Crippen LogP contribution in [0.2, 0.25) is 0 Å². The van der Waals surface area contributed by atoms with Crippen molar-refractivity contribution in [3.8, 4) is 0 Å². The van der Waals surface area contributed by atoms with E-state index in [1.165, 1.54) is 0 Å². The van der Waals surface area contributed by atoms with E-state index in [1.807, 2.05) is 27.7 Å². The van der Waals surface area contributed by atoms with Crippen LogP contribution in [-0.4, -0.2) is 33.9 Å². The summed E-state index contributed by atoms with van der Waals surface area (Å²) in [5.41, 5.74) is -0.441. The lowest BCUT2D eigenvalue weighted by Crippen LogP contribution is -2.48. The van der Waals surface area contributed by atoms with Gasteiger partial charge in [0.25, 0.3) is 0 Å². The lowest BCUT2D eigenvalue weighted by molar-refractivity contribution is 0.121. The van der Waals surface area contributed by atoms with Gasteiger partial charge in [-0.2, -0.15) is 4.98 Å². The van der Waals surface area contributed by atoms with Crippen LogP contribution in [0, 0.1) is 5.41 Å². The van der Waals surface area contributed by atoms with Crippen LogP contribution in [0.25, 0.3) is 0 Å². The van der Waals surface area contributed by atoms with E-state index in [2.05, 4.69) is 20.8 Å². The molecule has 7 heteroatoms. The first-order chi connectivity index (χ1) is 10.2. The van der Waals surface area contributed by atoms with E-state index in [1.54, 1.807) is 0 Å². The Morgan fingerprint density at radius 3 is 2.82 bits per heavy atom. The summed E-state index contributed by atoms with van der Waals surface area (Å²) in [6.07, 6.45) is 2.83. The highest BCUT2D eigenvalue weighted by Crippen LogP contribution is 2.37. The van der Waals surface area contributed by atoms with Gasteiger partial charge in [0.15, 0.2) is 5.82 Å². The van der Waals surface area contributed by atoms with Crippen molar-refractivity contribution in [1.82, 2.24) is 20.8 Å². The second-order valence-corrected chi connectivity index (χ2v) is 7.35. The fourth-order valence-corrected chi connectivity index (χ4v) is 2.67. The smallest absolute Gasteiger partial charge is 0.315 e. The highest BCUT2D eigenvalue weighted by Gasteiger charge is 2.39. The van der Waals surface area contributed by atoms with Gasteiger partial charge in [0.2, 0.25) is 5.89 Å². The molecule has 1 aromatic rings. The molecule has 0 bridgehead atoms. The van der Waals surface area contributed by atoms with Crippen LogP contribution in [0.5, 0.6) is 0 Å². The summed E-state index contributed by atoms with van der Waals surface area (Å²) in [6.45, 7) is 8.26. The largest absolute Gasteiger partial charge is 0.396 e. The third-order valence-corrected chi connectivity index (χ3v) is 4.27. The molecule has 2 rings (SSSR count). The molecule has 1 aliphatic carbocycles. The summed E-state index contributed by atoms with van der Waals surface area (Å²) in [7, 11) is 0. The minimum atomic E-state index is -0.270. The highest BCUT2D eigenvalue weighted by molar-refractivity contribution is 5.74. The normalized spacial score (nSPS) is 25.2. The van der Waals surface area contributed by atoms with E-state index >= 15 is 0 Å². The van der Waals surface area contributed by atoms with Gasteiger partial charge in [-0.05, 0) is 12.8 Å². The number of nitrogens with one attached hydrogen (secondary N) is 2. The lowest BCUT2D eigenvalue weighted by Gasteiger charge is -2.29. The van der Waals surface area contributed by atoms with Crippen LogP contribution >= 0.6 is 0 Å². The van der Waals surface area contributed by atoms with Crippen molar-refractivity contribution in [2.75, 3.05) is 6.61 Å². The SMILES string of the molecule is CC(C)(C)c1nc(CNC(=O)NC2CCCC2(C)CO)no1. The van der Waals surface area contributed by atoms with Crippen LogP contribution in [0.4, 0.5) is 4.79 Å². The van der Waals surface area contributed by atoms with Gasteiger partial charge in [-0.25, -0.2) is 4.79 Å². The molecule has 2 atom stereocenters. The summed E-state index contributed by atoms with van der Waals surface area (Å²) in [6, 6.07) is -0.276. The molecule has 0 aliphatic heterocycles. The summed E-state index contributed by atoms with van der Waals surface area (Å²) < 4.78 is 5.18. The number of aromatic nitrogens is 2. The van der Waals surface area contributed by atoms with Crippen molar-refractivity contribution in [2.45, 2.75) is 65.0 Å². The maximum Gasteiger partial charge on any atom is 0.315 e. The number of carbonyl (C=O) groups excluding carboxylic acids is 1. The first kappa shape index (κ1) is 16.7. The van der Waals surface area contributed by atoms with Gasteiger partial charge < -0.3 is 20.3 Å². The molecule has 2 amide bonds. The molecule has 7 nitrogen and oxygen atoms in total. The first-order valence-corrected chi connectivity index (χ1v) is 7.73. The number of aliphatic hydroxyl groups excluding tert-OH is 1. The third kappa shape index (κ3) is 3.76. The zero-order valence-corrected chi connectivity index (χ0v) is 13.8. The number of carbonyl (C=O) groups is 1. The summed E-state index contributed by atoms with van der Waals surface area (Å²) >= 11 is 0. The van der Waals surface area contributed by atoms with Crippen molar-refractivity contribution in [3.63, 3.8) is 0 Å². The Kier molecular flexibility index (Phi) is 4.75. The minimum Gasteiger partial charge on any atom is -0.396 e. The van der Waals surface area contributed by atoms with Gasteiger partial charge in [0, 0.05) is 16.9 Å². The molecule has 1 heterocycles. The Balaban J connectivity index is 1.84. The first-order valence-electron chi connectivity index (χ1n) is 7.73. The van der Waals surface area contributed by atoms with E-state index < -0.39 is 0 Å². The van der Waals surface area contributed by atoms with Gasteiger partial charge in [-0.3, -0.25) is 0 Å². The molecule has 2 unspecified atom stereocenters. The number of urea groups is 1. The predicted molar refractivity (Wildman–Crippen MR) is 81.2 cm³/mol. The van der Waals surface area contributed by atoms with Crippen molar-refractivity contribution >= 4 is 6.03 Å². The Hall–Kier alpha value is -1.63. The molecule has 124 valence electrons. The maximum absolute atomic E-state index is 12.0. The standard InChI is InChI=1S/C15H26N4O3/c1-14(2,3)12-18-11(19-22-12)8-16-13(21)17-10-6-5-7-15(10,4)9-20/h10,20H,5-9H2,1-4H3,(H2,16,17,21). The number of hydrogen-bond acceptors (Lipinski definition) is 5. The van der Waals surface area contributed by atoms with E-state index in [-0.39, 0.29) is 36.1 Å². The van der Waals surface area contributed by atoms with Gasteiger partial charge in [-0.1, -0.05) is 39.3 Å². The Morgan fingerprint density at radius 2 is 2.23 bits per heavy atom. The Morgan fingerprint density at radius 1 is 1.50 bits per heavy atom. The molecule has 0 aromatic carbocycles. The average Bonchev–Trinajstić information content (AvgIpc) is 3.04. The fourth-order valence-electron chi connectivity index (χ4n) is 2.67. The van der Waals surface area contributed by atoms with Gasteiger partial charge in [-0.15, -0.1) is 0 Å². The summed E-state index contributed by atoms with van der Waals surface area (Å²) in [5, 5.41) is 19.0. The van der Waals surface area contributed by atoms with Gasteiger partial charge in [0.05, 0.1) is 13.2 Å². The topological polar surface area (TPSA) is 100 Å². The third-order valence-electron chi connectivity index (χ3n) is 4.27. The number of hydrogen-bond donors (Lipinski definition) is 3. The predicted octanol–water partition coefficient (Wildman–Crippen LogP) is 1.72. The molecule has 22 heavy (non-hydrogen) atoms. The molecular weight excluding hydrogens is 284 g/mol. The van der Waals surface area contributed by atoms with Crippen LogP contribution in [0.15, 0.2) is 4.52 Å². The van der Waals surface area contributed by atoms with Crippen LogP contribution in [0.1, 0.15) is 58.7 Å². The number of nitrogens with zero attached hydrogens (tertiary/aromatic N) is 2. The molecule has 1 saturated carbocycles. The maximum atomic E-state index is 12.0. The van der Waals surface area contributed by atoms with Crippen molar-refractivity contribution in [2.24, 2.45) is 5.41 Å². The zero-order valence-electron chi connectivity index (χ0n) is 13.8. The van der Waals surface area contributed by atoms with E-state index in [0.717, 1.165) is 19.3 Å². The van der Waals surface area contributed by atoms with Gasteiger partial charge >= 0.3 is 6.03 Å². The van der Waals surface area contributed by atoms with Crippen LogP contribution in [0.3, 0.4) is 0 Å². The van der Waals surface area contributed by atoms with Crippen molar-refractivity contribution in [1.29, 1.82) is 0 Å². The second kappa shape index (κ2) is 6.24. The molecule has 0 radical (unpaired) electrons. The average molecular weight is 310 g/mol. The quantitative estimate of drug-likeness (QED) is 0.786. The molecule has 1 aliphatic rings. The molecule has 0 spiro atoms. The summed E-state index contributed by atoms with van der Waals surface area (Å²) in [4.78, 5) is 16.3. The fraction of sp³-hybridized carbons (Fsp3) is 0.800. The van der Waals surface area contributed by atoms with Crippen molar-refractivity contribution < 1.29 is 14.4 Å². The molecule has 0 saturated heterocycles. The molecule has 1 fully saturated rings. The Bertz CT molecular complexity index is 523. The van der Waals surface area contributed by atoms with Gasteiger partial charge in [0.1, 0.15) is 0 Å². The lowest BCUT2D eigenvalue weighted by atomic mass is 9.86. The van der Waals surface area contributed by atoms with Crippen LogP contribution in [-0.2, 0) is 12.0 Å². The molecular formula is C15H26N4O3. The monoisotopic (exact) mass is 310 g/mol. The highest BCUT2D eigenvalue weighted by atomic mass is 16.5. The van der Waals surface area contributed by atoms with E-state index in [0.29, 0.717) is 11.7 Å². The molecule has 1 aromatic heterocycles. The van der Waals surface area contributed by atoms with Crippen LogP contribution < -0.4 is 10.6 Å². The second-order valence-electron chi connectivity index (χ2n) is 7.35. The number of amides is 2. The number of aliphatic hydroxyl groups is 1. The summed E-state index contributed by atoms with van der Waals surface area (Å²) in [5.74, 6) is 1.00. The minimum absolute atomic E-state index is 0.00657. The van der Waals surface area contributed by atoms with E-state index in [9.17, 15) is 9.90 Å². The molecule has 3 N–H and O–H groups in total. The van der Waals surface area contributed by atoms with E-state index in [4.69, 9.17) is 4.52 Å².